The van der Waals surface area contributed by atoms with Gasteiger partial charge in [-0.25, -0.2) is 4.98 Å². The highest BCUT2D eigenvalue weighted by atomic mass is 79.9. The molecule has 1 heterocycles. The quantitative estimate of drug-likeness (QED) is 0.783. The highest BCUT2D eigenvalue weighted by molar-refractivity contribution is 9.09. The van der Waals surface area contributed by atoms with Crippen molar-refractivity contribution in [2.45, 2.75) is 33.2 Å². The van der Waals surface area contributed by atoms with Crippen LogP contribution in [0.3, 0.4) is 0 Å². The standard InChI is InChI=1S/C13H19BrN2O/c1-10(2)16(9-5-8-14)13(17)12-7-4-6-11(3)15-12/h4,6-7,10H,5,8-9H2,1-3H3. The maximum atomic E-state index is 12.3. The summed E-state index contributed by atoms with van der Waals surface area (Å²) < 4.78 is 0. The fourth-order valence-corrected chi connectivity index (χ4v) is 1.88. The molecule has 1 aromatic heterocycles. The summed E-state index contributed by atoms with van der Waals surface area (Å²) in [6, 6.07) is 5.75. The Kier molecular flexibility index (Phi) is 5.62. The molecule has 0 saturated carbocycles. The Morgan fingerprint density at radius 1 is 1.47 bits per heavy atom. The first kappa shape index (κ1) is 14.2. The van der Waals surface area contributed by atoms with Gasteiger partial charge in [0.05, 0.1) is 0 Å². The topological polar surface area (TPSA) is 33.2 Å². The van der Waals surface area contributed by atoms with Crippen LogP contribution in [0.5, 0.6) is 0 Å². The lowest BCUT2D eigenvalue weighted by Crippen LogP contribution is -2.38. The molecule has 0 aliphatic heterocycles. The molecule has 0 saturated heterocycles. The number of hydrogen-bond acceptors (Lipinski definition) is 2. The van der Waals surface area contributed by atoms with Crippen molar-refractivity contribution >= 4 is 21.8 Å². The highest BCUT2D eigenvalue weighted by Gasteiger charge is 2.19. The Bertz CT molecular complexity index is 379. The van der Waals surface area contributed by atoms with Crippen molar-refractivity contribution in [3.8, 4) is 0 Å². The molecule has 0 atom stereocenters. The van der Waals surface area contributed by atoms with E-state index in [1.165, 1.54) is 0 Å². The van der Waals surface area contributed by atoms with E-state index in [9.17, 15) is 4.79 Å². The predicted octanol–water partition coefficient (Wildman–Crippen LogP) is 3.03. The molecule has 94 valence electrons. The molecule has 0 aliphatic carbocycles. The van der Waals surface area contributed by atoms with E-state index in [0.717, 1.165) is 24.0 Å². The minimum atomic E-state index is 0.0182. The van der Waals surface area contributed by atoms with Crippen molar-refractivity contribution in [2.24, 2.45) is 0 Å². The van der Waals surface area contributed by atoms with Gasteiger partial charge in [-0.2, -0.15) is 0 Å². The van der Waals surface area contributed by atoms with Crippen LogP contribution in [-0.2, 0) is 0 Å². The molecule has 0 aromatic carbocycles. The van der Waals surface area contributed by atoms with Gasteiger partial charge in [0.25, 0.3) is 5.91 Å². The average molecular weight is 299 g/mol. The molecule has 1 rings (SSSR count). The molecule has 0 aliphatic rings. The summed E-state index contributed by atoms with van der Waals surface area (Å²) in [6.07, 6.45) is 0.954. The number of aryl methyl sites for hydroxylation is 1. The Balaban J connectivity index is 2.84. The number of alkyl halides is 1. The molecule has 1 aromatic rings. The summed E-state index contributed by atoms with van der Waals surface area (Å²) in [4.78, 5) is 18.4. The summed E-state index contributed by atoms with van der Waals surface area (Å²) in [5.41, 5.74) is 1.41. The van der Waals surface area contributed by atoms with Crippen LogP contribution in [0.15, 0.2) is 18.2 Å². The van der Waals surface area contributed by atoms with Crippen molar-refractivity contribution < 1.29 is 4.79 Å². The van der Waals surface area contributed by atoms with Crippen LogP contribution in [0.25, 0.3) is 0 Å². The third kappa shape index (κ3) is 4.11. The largest absolute Gasteiger partial charge is 0.335 e. The van der Waals surface area contributed by atoms with E-state index in [4.69, 9.17) is 0 Å². The number of aromatic nitrogens is 1. The Morgan fingerprint density at radius 2 is 2.18 bits per heavy atom. The molecule has 17 heavy (non-hydrogen) atoms. The van der Waals surface area contributed by atoms with Crippen LogP contribution >= 0.6 is 15.9 Å². The average Bonchev–Trinajstić information content (AvgIpc) is 2.29. The number of amides is 1. The van der Waals surface area contributed by atoms with Crippen molar-refractivity contribution in [1.29, 1.82) is 0 Å². The van der Waals surface area contributed by atoms with Gasteiger partial charge in [0.15, 0.2) is 0 Å². The lowest BCUT2D eigenvalue weighted by molar-refractivity contribution is 0.0700. The van der Waals surface area contributed by atoms with Crippen LogP contribution in [-0.4, -0.2) is 33.7 Å². The van der Waals surface area contributed by atoms with E-state index in [1.807, 2.05) is 37.8 Å². The van der Waals surface area contributed by atoms with Crippen LogP contribution in [0.4, 0.5) is 0 Å². The van der Waals surface area contributed by atoms with Crippen LogP contribution in [0.2, 0.25) is 0 Å². The molecule has 1 amide bonds. The van der Waals surface area contributed by atoms with E-state index in [-0.39, 0.29) is 11.9 Å². The molecule has 0 N–H and O–H groups in total. The van der Waals surface area contributed by atoms with Crippen molar-refractivity contribution in [3.05, 3.63) is 29.6 Å². The first-order chi connectivity index (χ1) is 8.06. The fraction of sp³-hybridized carbons (Fsp3) is 0.538. The smallest absolute Gasteiger partial charge is 0.272 e. The number of nitrogens with zero attached hydrogens (tertiary/aromatic N) is 2. The van der Waals surface area contributed by atoms with Gasteiger partial charge < -0.3 is 4.90 Å². The molecule has 4 heteroatoms. The minimum Gasteiger partial charge on any atom is -0.335 e. The Morgan fingerprint density at radius 3 is 2.71 bits per heavy atom. The van der Waals surface area contributed by atoms with E-state index >= 15 is 0 Å². The molecular weight excluding hydrogens is 280 g/mol. The third-order valence-electron chi connectivity index (χ3n) is 2.52. The van der Waals surface area contributed by atoms with E-state index in [1.54, 1.807) is 6.07 Å². The minimum absolute atomic E-state index is 0.0182. The summed E-state index contributed by atoms with van der Waals surface area (Å²) in [7, 11) is 0. The first-order valence-corrected chi connectivity index (χ1v) is 6.99. The van der Waals surface area contributed by atoms with Crippen LogP contribution in [0.1, 0.15) is 36.5 Å². The predicted molar refractivity (Wildman–Crippen MR) is 73.6 cm³/mol. The van der Waals surface area contributed by atoms with Gasteiger partial charge in [0.1, 0.15) is 5.69 Å². The van der Waals surface area contributed by atoms with Crippen LogP contribution < -0.4 is 0 Å². The molecule has 0 bridgehead atoms. The van der Waals surface area contributed by atoms with Gasteiger partial charge in [-0.1, -0.05) is 22.0 Å². The van der Waals surface area contributed by atoms with Gasteiger partial charge in [-0.3, -0.25) is 4.79 Å². The van der Waals surface area contributed by atoms with E-state index in [0.29, 0.717) is 5.69 Å². The number of halogens is 1. The molecule has 0 radical (unpaired) electrons. The second-order valence-electron chi connectivity index (χ2n) is 4.30. The van der Waals surface area contributed by atoms with Gasteiger partial charge in [0, 0.05) is 23.6 Å². The van der Waals surface area contributed by atoms with Gasteiger partial charge >= 0.3 is 0 Å². The van der Waals surface area contributed by atoms with Gasteiger partial charge in [-0.15, -0.1) is 0 Å². The number of rotatable bonds is 5. The highest BCUT2D eigenvalue weighted by Crippen LogP contribution is 2.08. The normalized spacial score (nSPS) is 10.6. The monoisotopic (exact) mass is 298 g/mol. The Hall–Kier alpha value is -0.900. The second-order valence-corrected chi connectivity index (χ2v) is 5.09. The summed E-state index contributed by atoms with van der Waals surface area (Å²) in [6.45, 7) is 6.72. The van der Waals surface area contributed by atoms with Gasteiger partial charge in [0.2, 0.25) is 0 Å². The number of pyridine rings is 1. The molecular formula is C13H19BrN2O. The maximum absolute atomic E-state index is 12.3. The SMILES string of the molecule is Cc1cccc(C(=O)N(CCCBr)C(C)C)n1. The van der Waals surface area contributed by atoms with E-state index < -0.39 is 0 Å². The Labute approximate surface area is 111 Å². The number of carbonyl (C=O) groups excluding carboxylic acids is 1. The molecule has 0 fully saturated rings. The first-order valence-electron chi connectivity index (χ1n) is 5.87. The lowest BCUT2D eigenvalue weighted by atomic mass is 10.2. The number of carbonyl (C=O) groups is 1. The zero-order valence-electron chi connectivity index (χ0n) is 10.6. The lowest BCUT2D eigenvalue weighted by Gasteiger charge is -2.26. The third-order valence-corrected chi connectivity index (χ3v) is 3.09. The van der Waals surface area contributed by atoms with E-state index in [2.05, 4.69) is 20.9 Å². The zero-order valence-corrected chi connectivity index (χ0v) is 12.2. The molecule has 0 unspecified atom stereocenters. The fourth-order valence-electron chi connectivity index (χ4n) is 1.63. The maximum Gasteiger partial charge on any atom is 0.272 e. The summed E-state index contributed by atoms with van der Waals surface area (Å²) >= 11 is 3.39. The molecule has 0 spiro atoms. The summed E-state index contributed by atoms with van der Waals surface area (Å²) in [5.74, 6) is 0.0182. The zero-order chi connectivity index (χ0) is 12.8. The van der Waals surface area contributed by atoms with Crippen molar-refractivity contribution in [2.75, 3.05) is 11.9 Å². The molecule has 3 nitrogen and oxygen atoms in total. The van der Waals surface area contributed by atoms with Crippen LogP contribution in [0, 0.1) is 6.92 Å². The summed E-state index contributed by atoms with van der Waals surface area (Å²) in [5, 5.41) is 0.907. The van der Waals surface area contributed by atoms with Crippen molar-refractivity contribution in [3.63, 3.8) is 0 Å². The van der Waals surface area contributed by atoms with Gasteiger partial charge in [-0.05, 0) is 39.3 Å². The number of hydrogen-bond donors (Lipinski definition) is 0. The second kappa shape index (κ2) is 6.74. The van der Waals surface area contributed by atoms with Crippen molar-refractivity contribution in [1.82, 2.24) is 9.88 Å².